The first-order valence-electron chi connectivity index (χ1n) is 12.5. The molecule has 2 N–H and O–H groups in total. The number of imide groups is 1. The van der Waals surface area contributed by atoms with Crippen LogP contribution in [0.5, 0.6) is 0 Å². The van der Waals surface area contributed by atoms with Crippen LogP contribution in [0.2, 0.25) is 0 Å². The van der Waals surface area contributed by atoms with E-state index in [1.165, 1.54) is 16.2 Å². The molecule has 0 radical (unpaired) electrons. The number of aryl methyl sites for hydroxylation is 1. The number of nitrogens with zero attached hydrogens (tertiary/aromatic N) is 1. The molecule has 2 saturated carbocycles. The maximum absolute atomic E-state index is 13.4. The summed E-state index contributed by atoms with van der Waals surface area (Å²) in [5.74, 6) is -0.980. The Balaban J connectivity index is 1.28. The van der Waals surface area contributed by atoms with E-state index >= 15 is 0 Å². The monoisotopic (exact) mass is 536 g/mol. The molecule has 8 nitrogen and oxygen atoms in total. The topological polar surface area (TPSA) is 121 Å². The third-order valence-electron chi connectivity index (χ3n) is 8.63. The summed E-state index contributed by atoms with van der Waals surface area (Å²) in [7, 11) is 0. The number of carboxylic acid groups (broad SMARTS) is 1. The minimum Gasteiger partial charge on any atom is -0.481 e. The third-order valence-corrected chi connectivity index (χ3v) is 11.2. The van der Waals surface area contributed by atoms with E-state index in [1.807, 2.05) is 43.3 Å². The molecular formula is C27H24N2O6S2. The summed E-state index contributed by atoms with van der Waals surface area (Å²) in [6.07, 6.45) is 0.534. The van der Waals surface area contributed by atoms with Gasteiger partial charge in [0.05, 0.1) is 34.1 Å². The zero-order valence-electron chi connectivity index (χ0n) is 19.9. The lowest BCUT2D eigenvalue weighted by Gasteiger charge is -2.42. The van der Waals surface area contributed by atoms with Gasteiger partial charge in [-0.2, -0.15) is 0 Å². The molecule has 7 rings (SSSR count). The third kappa shape index (κ3) is 3.34. The molecule has 7 atom stereocenters. The number of thioether (sulfide) groups is 1. The van der Waals surface area contributed by atoms with Crippen molar-refractivity contribution in [2.75, 3.05) is 6.54 Å². The van der Waals surface area contributed by atoms with Gasteiger partial charge in [0.2, 0.25) is 11.8 Å². The fourth-order valence-electron chi connectivity index (χ4n) is 7.22. The van der Waals surface area contributed by atoms with E-state index in [0.717, 1.165) is 39.0 Å². The van der Waals surface area contributed by atoms with Crippen molar-refractivity contribution in [2.24, 2.45) is 29.6 Å². The molecule has 0 unspecified atom stereocenters. The molecular weight excluding hydrogens is 512 g/mol. The number of hydrogen-bond acceptors (Lipinski definition) is 7. The molecule has 3 aromatic rings. The summed E-state index contributed by atoms with van der Waals surface area (Å²) in [4.78, 5) is 55.2. The molecule has 2 amide bonds. The summed E-state index contributed by atoms with van der Waals surface area (Å²) in [5.41, 5.74) is 2.13. The Morgan fingerprint density at radius 1 is 1.08 bits per heavy atom. The van der Waals surface area contributed by atoms with Gasteiger partial charge in [0, 0.05) is 17.4 Å². The molecule has 1 aromatic carbocycles. The van der Waals surface area contributed by atoms with Crippen molar-refractivity contribution in [1.29, 1.82) is 0 Å². The number of aromatic amines is 1. The predicted octanol–water partition coefficient (Wildman–Crippen LogP) is 3.95. The number of thiazole rings is 1. The van der Waals surface area contributed by atoms with Gasteiger partial charge in [0.25, 0.3) is 0 Å². The summed E-state index contributed by atoms with van der Waals surface area (Å²) >= 11 is 2.82. The number of hydrogen-bond donors (Lipinski definition) is 2. The maximum Gasteiger partial charge on any atom is 0.305 e. The van der Waals surface area contributed by atoms with E-state index < -0.39 is 17.8 Å². The zero-order chi connectivity index (χ0) is 25.6. The standard InChI is InChI=1S/C27H24N2O6S2/c1-11-2-4-12(5-3-11)15-6-7-16(35-15)21-18-13-10-14(22(18)36-24-23(21)37-27(34)28-24)20-19(13)25(32)29(26(20)33)9-8-17(30)31/h2-7,13-14,18-22H,8-10H2,1H3,(H,28,34)(H,30,31)/t13-,14+,18+,19+,20+,21+,22-/m1/s1. The van der Waals surface area contributed by atoms with E-state index in [9.17, 15) is 19.2 Å². The van der Waals surface area contributed by atoms with Crippen molar-refractivity contribution in [2.45, 2.75) is 36.0 Å². The second-order valence-corrected chi connectivity index (χ2v) is 12.7. The number of likely N-dealkylation sites (tertiary alicyclic amines) is 1. The number of H-pyrrole nitrogens is 1. The van der Waals surface area contributed by atoms with Crippen LogP contribution in [0.4, 0.5) is 0 Å². The van der Waals surface area contributed by atoms with Crippen molar-refractivity contribution in [3.63, 3.8) is 0 Å². The quantitative estimate of drug-likeness (QED) is 0.474. The number of amides is 2. The van der Waals surface area contributed by atoms with Crippen LogP contribution < -0.4 is 4.87 Å². The largest absolute Gasteiger partial charge is 0.481 e. The highest BCUT2D eigenvalue weighted by atomic mass is 32.2. The summed E-state index contributed by atoms with van der Waals surface area (Å²) < 4.78 is 6.43. The average molecular weight is 537 g/mol. The van der Waals surface area contributed by atoms with Gasteiger partial charge in [-0.1, -0.05) is 41.2 Å². The zero-order valence-corrected chi connectivity index (χ0v) is 21.5. The lowest BCUT2D eigenvalue weighted by Crippen LogP contribution is -2.42. The van der Waals surface area contributed by atoms with Gasteiger partial charge in [-0.05, 0) is 43.2 Å². The molecule has 2 bridgehead atoms. The number of furan rings is 1. The van der Waals surface area contributed by atoms with Crippen molar-refractivity contribution < 1.29 is 23.9 Å². The molecule has 4 heterocycles. The summed E-state index contributed by atoms with van der Waals surface area (Å²) in [6.45, 7) is 1.96. The molecule has 10 heteroatoms. The number of aromatic nitrogens is 1. The van der Waals surface area contributed by atoms with E-state index in [2.05, 4.69) is 4.98 Å². The first-order chi connectivity index (χ1) is 17.8. The smallest absolute Gasteiger partial charge is 0.305 e. The Morgan fingerprint density at radius 2 is 1.81 bits per heavy atom. The Hall–Kier alpha value is -3.11. The van der Waals surface area contributed by atoms with Gasteiger partial charge in [-0.15, -0.1) is 11.8 Å². The van der Waals surface area contributed by atoms with Crippen LogP contribution in [0.3, 0.4) is 0 Å². The van der Waals surface area contributed by atoms with E-state index in [1.54, 1.807) is 11.8 Å². The normalized spacial score (nSPS) is 31.5. The number of benzene rings is 1. The molecule has 37 heavy (non-hydrogen) atoms. The molecule has 1 saturated heterocycles. The molecule has 0 spiro atoms. The molecule has 190 valence electrons. The van der Waals surface area contributed by atoms with Crippen LogP contribution in [0, 0.1) is 36.5 Å². The minimum atomic E-state index is -1.03. The minimum absolute atomic E-state index is 0.00172. The highest BCUT2D eigenvalue weighted by molar-refractivity contribution is 8.00. The Morgan fingerprint density at radius 3 is 2.54 bits per heavy atom. The van der Waals surface area contributed by atoms with Gasteiger partial charge >= 0.3 is 10.8 Å². The van der Waals surface area contributed by atoms with Gasteiger partial charge in [0.1, 0.15) is 11.5 Å². The fraction of sp³-hybridized carbons (Fsp3) is 0.407. The lowest BCUT2D eigenvalue weighted by atomic mass is 9.69. The fourth-order valence-corrected chi connectivity index (χ4v) is 10.1. The van der Waals surface area contributed by atoms with E-state index in [-0.39, 0.29) is 58.6 Å². The van der Waals surface area contributed by atoms with Crippen molar-refractivity contribution >= 4 is 40.9 Å². The summed E-state index contributed by atoms with van der Waals surface area (Å²) in [5, 5.41) is 10.0. The molecule has 2 aromatic heterocycles. The number of fused-ring (bicyclic) bond motifs is 9. The number of carboxylic acids is 1. The van der Waals surface area contributed by atoms with Crippen LogP contribution in [0.15, 0.2) is 50.6 Å². The predicted molar refractivity (Wildman–Crippen MR) is 136 cm³/mol. The van der Waals surface area contributed by atoms with Crippen LogP contribution in [0.1, 0.15) is 35.0 Å². The number of nitrogens with one attached hydrogen (secondary N) is 1. The van der Waals surface area contributed by atoms with Crippen LogP contribution in [-0.2, 0) is 14.4 Å². The first kappa shape index (κ1) is 23.0. The molecule has 4 aliphatic rings. The lowest BCUT2D eigenvalue weighted by molar-refractivity contribution is -0.142. The van der Waals surface area contributed by atoms with Gasteiger partial charge in [-0.25, -0.2) is 0 Å². The highest BCUT2D eigenvalue weighted by Crippen LogP contribution is 2.68. The SMILES string of the molecule is Cc1ccc(-c2ccc([C@@H]3c4sc(=O)[nH]c4S[C@@H]4[C@H]5C[C@@H]([C@@H]6C(=O)N(CCC(=O)O)C(=O)[C@@H]56)[C@@H]34)o2)cc1. The number of aliphatic carboxylic acids is 1. The number of carbonyl (C=O) groups excluding carboxylic acids is 2. The Bertz CT molecular complexity index is 1500. The Labute approximate surface area is 220 Å². The van der Waals surface area contributed by atoms with E-state index in [0.29, 0.717) is 0 Å². The van der Waals surface area contributed by atoms with Crippen molar-refractivity contribution in [3.05, 3.63) is 62.3 Å². The van der Waals surface area contributed by atoms with Gasteiger partial charge < -0.3 is 14.5 Å². The number of rotatable bonds is 5. The van der Waals surface area contributed by atoms with E-state index in [4.69, 9.17) is 9.52 Å². The van der Waals surface area contributed by atoms with Crippen LogP contribution in [0.25, 0.3) is 11.3 Å². The molecule has 3 fully saturated rings. The second kappa shape index (κ2) is 8.19. The summed E-state index contributed by atoms with van der Waals surface area (Å²) in [6, 6.07) is 12.1. The Kier molecular flexibility index (Phi) is 5.10. The highest BCUT2D eigenvalue weighted by Gasteiger charge is 2.69. The van der Waals surface area contributed by atoms with Gasteiger partial charge in [0.15, 0.2) is 0 Å². The van der Waals surface area contributed by atoms with Gasteiger partial charge in [-0.3, -0.25) is 24.1 Å². The van der Waals surface area contributed by atoms with Crippen molar-refractivity contribution in [1.82, 2.24) is 9.88 Å². The van der Waals surface area contributed by atoms with Crippen LogP contribution >= 0.6 is 23.1 Å². The van der Waals surface area contributed by atoms with Crippen LogP contribution in [-0.4, -0.2) is 44.6 Å². The maximum atomic E-state index is 13.4. The average Bonchev–Trinajstić information content (AvgIpc) is 3.66. The first-order valence-corrected chi connectivity index (χ1v) is 14.1. The molecule has 2 aliphatic heterocycles. The molecule has 2 aliphatic carbocycles. The number of carbonyl (C=O) groups is 3. The van der Waals surface area contributed by atoms with Crippen molar-refractivity contribution in [3.8, 4) is 11.3 Å². The second-order valence-electron chi connectivity index (χ2n) is 10.5.